The average Bonchev–Trinajstić information content (AvgIpc) is 2.61. The molecule has 3 amide bonds. The molecule has 1 aliphatic heterocycles. The highest BCUT2D eigenvalue weighted by Gasteiger charge is 2.46. The van der Waals surface area contributed by atoms with Gasteiger partial charge in [-0.2, -0.15) is 5.10 Å². The van der Waals surface area contributed by atoms with Gasteiger partial charge in [-0.3, -0.25) is 4.79 Å². The number of urea groups is 1. The number of carbonyl (C=O) groups excluding carboxylic acids is 2. The number of amides is 3. The zero-order valence-electron chi connectivity index (χ0n) is 11.0. The molecule has 1 N–H and O–H groups in total. The summed E-state index contributed by atoms with van der Waals surface area (Å²) in [7, 11) is 0. The fraction of sp³-hybridized carbons (Fsp3) is 0.308. The fourth-order valence-electron chi connectivity index (χ4n) is 1.74. The van der Waals surface area contributed by atoms with Crippen LogP contribution in [0.4, 0.5) is 4.79 Å². The summed E-state index contributed by atoms with van der Waals surface area (Å²) in [5.74, 6) is -0.383. The molecule has 1 atom stereocenters. The third kappa shape index (κ3) is 2.64. The first-order valence-electron chi connectivity index (χ1n) is 6.03. The summed E-state index contributed by atoms with van der Waals surface area (Å²) in [6, 6.07) is 4.33. The fourth-order valence-corrected chi connectivity index (χ4v) is 2.20. The molecule has 20 heavy (non-hydrogen) atoms. The molecule has 0 aromatic heterocycles. The highest BCUT2D eigenvalue weighted by atomic mass is 35.5. The number of halogens is 2. The smallest absolute Gasteiger partial charge is 0.322 e. The van der Waals surface area contributed by atoms with Gasteiger partial charge in [-0.25, -0.2) is 4.79 Å². The quantitative estimate of drug-likeness (QED) is 0.688. The second-order valence-corrected chi connectivity index (χ2v) is 5.49. The molecule has 7 heteroatoms. The van der Waals surface area contributed by atoms with E-state index in [1.54, 1.807) is 25.1 Å². The number of benzene rings is 1. The van der Waals surface area contributed by atoms with E-state index in [0.717, 1.165) is 5.01 Å². The Hall–Kier alpha value is -1.59. The van der Waals surface area contributed by atoms with Crippen LogP contribution in [0.5, 0.6) is 0 Å². The van der Waals surface area contributed by atoms with Crippen molar-refractivity contribution < 1.29 is 9.59 Å². The molecular formula is C13H13Cl2N3O2. The van der Waals surface area contributed by atoms with Crippen LogP contribution in [0.2, 0.25) is 10.0 Å². The van der Waals surface area contributed by atoms with E-state index in [1.165, 1.54) is 6.21 Å². The van der Waals surface area contributed by atoms with Gasteiger partial charge in [0, 0.05) is 10.6 Å². The van der Waals surface area contributed by atoms with E-state index in [9.17, 15) is 9.59 Å². The van der Waals surface area contributed by atoms with E-state index in [1.807, 2.05) is 6.92 Å². The molecular weight excluding hydrogens is 301 g/mol. The Morgan fingerprint density at radius 2 is 2.10 bits per heavy atom. The largest absolute Gasteiger partial charge is 0.346 e. The average molecular weight is 314 g/mol. The number of hydrogen-bond donors (Lipinski definition) is 1. The minimum absolute atomic E-state index is 0.383. The monoisotopic (exact) mass is 313 g/mol. The number of hydrazone groups is 1. The zero-order valence-corrected chi connectivity index (χ0v) is 12.5. The summed E-state index contributed by atoms with van der Waals surface area (Å²) in [6.45, 7) is 3.49. The Balaban J connectivity index is 2.24. The first-order chi connectivity index (χ1) is 9.37. The molecule has 106 valence electrons. The normalized spacial score (nSPS) is 22.7. The molecule has 0 radical (unpaired) electrons. The number of imide groups is 1. The van der Waals surface area contributed by atoms with E-state index in [4.69, 9.17) is 23.2 Å². The molecule has 1 fully saturated rings. The van der Waals surface area contributed by atoms with Gasteiger partial charge in [-0.1, -0.05) is 36.2 Å². The van der Waals surface area contributed by atoms with Gasteiger partial charge in [-0.15, -0.1) is 5.01 Å². The van der Waals surface area contributed by atoms with Crippen LogP contribution in [-0.4, -0.2) is 28.7 Å². The maximum Gasteiger partial charge on any atom is 0.346 e. The standard InChI is InChI=1S/C13H13Cl2N3O2/c1-3-13(2)11(19)18(12(20)17-13)16-7-8-4-5-9(14)6-10(8)15/h4-7H,3H2,1-2H3,(H,17,20)/b16-7-/t13-/m1/s1. The second kappa shape index (κ2) is 5.42. The van der Waals surface area contributed by atoms with Gasteiger partial charge in [0.05, 0.1) is 11.2 Å². The molecule has 0 bridgehead atoms. The number of nitrogens with zero attached hydrogens (tertiary/aromatic N) is 2. The van der Waals surface area contributed by atoms with Crippen molar-refractivity contribution in [3.63, 3.8) is 0 Å². The van der Waals surface area contributed by atoms with Gasteiger partial charge in [0.15, 0.2) is 0 Å². The Kier molecular flexibility index (Phi) is 4.01. The van der Waals surface area contributed by atoms with Crippen molar-refractivity contribution in [1.29, 1.82) is 0 Å². The van der Waals surface area contributed by atoms with Crippen LogP contribution >= 0.6 is 23.2 Å². The van der Waals surface area contributed by atoms with E-state index in [-0.39, 0.29) is 5.91 Å². The lowest BCUT2D eigenvalue weighted by molar-refractivity contribution is -0.130. The van der Waals surface area contributed by atoms with Gasteiger partial charge in [-0.05, 0) is 25.5 Å². The maximum atomic E-state index is 12.1. The Bertz CT molecular complexity index is 603. The van der Waals surface area contributed by atoms with E-state index in [0.29, 0.717) is 22.0 Å². The zero-order chi connectivity index (χ0) is 14.9. The molecule has 0 unspecified atom stereocenters. The van der Waals surface area contributed by atoms with Gasteiger partial charge in [0.25, 0.3) is 5.91 Å². The third-order valence-corrected chi connectivity index (χ3v) is 3.78. The molecule has 1 aromatic rings. The van der Waals surface area contributed by atoms with Crippen LogP contribution in [0.1, 0.15) is 25.8 Å². The van der Waals surface area contributed by atoms with E-state index >= 15 is 0 Å². The molecule has 0 spiro atoms. The van der Waals surface area contributed by atoms with Crippen LogP contribution in [0.3, 0.4) is 0 Å². The SMILES string of the molecule is CC[C@@]1(C)NC(=O)N(/N=C\c2ccc(Cl)cc2Cl)C1=O. The Morgan fingerprint density at radius 1 is 1.40 bits per heavy atom. The van der Waals surface area contributed by atoms with Crippen LogP contribution in [0, 0.1) is 0 Å². The first kappa shape index (κ1) is 14.8. The lowest BCUT2D eigenvalue weighted by Gasteiger charge is -2.17. The van der Waals surface area contributed by atoms with Crippen LogP contribution in [0.25, 0.3) is 0 Å². The highest BCUT2D eigenvalue weighted by Crippen LogP contribution is 2.22. The van der Waals surface area contributed by atoms with Crippen molar-refractivity contribution >= 4 is 41.4 Å². The van der Waals surface area contributed by atoms with Crippen molar-refractivity contribution in [1.82, 2.24) is 10.3 Å². The number of carbonyl (C=O) groups is 2. The summed E-state index contributed by atoms with van der Waals surface area (Å²) >= 11 is 11.8. The van der Waals surface area contributed by atoms with Gasteiger partial charge in [0.1, 0.15) is 5.54 Å². The highest BCUT2D eigenvalue weighted by molar-refractivity contribution is 6.36. The number of nitrogens with one attached hydrogen (secondary N) is 1. The van der Waals surface area contributed by atoms with Crippen molar-refractivity contribution in [2.24, 2.45) is 5.10 Å². The Labute approximate surface area is 126 Å². The third-order valence-electron chi connectivity index (χ3n) is 3.22. The summed E-state index contributed by atoms with van der Waals surface area (Å²) in [5.41, 5.74) is -0.333. The molecule has 1 aliphatic rings. The van der Waals surface area contributed by atoms with E-state index in [2.05, 4.69) is 10.4 Å². The molecule has 0 aliphatic carbocycles. The van der Waals surface area contributed by atoms with Gasteiger partial charge >= 0.3 is 6.03 Å². The van der Waals surface area contributed by atoms with Crippen molar-refractivity contribution in [3.8, 4) is 0 Å². The minimum Gasteiger partial charge on any atom is -0.322 e. The molecule has 5 nitrogen and oxygen atoms in total. The summed E-state index contributed by atoms with van der Waals surface area (Å²) < 4.78 is 0. The second-order valence-electron chi connectivity index (χ2n) is 4.64. The molecule has 1 aromatic carbocycles. The van der Waals surface area contributed by atoms with Gasteiger partial charge < -0.3 is 5.32 Å². The molecule has 1 heterocycles. The predicted molar refractivity (Wildman–Crippen MR) is 78.1 cm³/mol. The summed E-state index contributed by atoms with van der Waals surface area (Å²) in [4.78, 5) is 23.8. The van der Waals surface area contributed by atoms with Crippen LogP contribution in [-0.2, 0) is 4.79 Å². The van der Waals surface area contributed by atoms with Crippen molar-refractivity contribution in [2.45, 2.75) is 25.8 Å². The maximum absolute atomic E-state index is 12.1. The minimum atomic E-state index is -0.905. The van der Waals surface area contributed by atoms with E-state index < -0.39 is 11.6 Å². The molecule has 0 saturated carbocycles. The Morgan fingerprint density at radius 3 is 2.65 bits per heavy atom. The first-order valence-corrected chi connectivity index (χ1v) is 6.78. The van der Waals surface area contributed by atoms with Gasteiger partial charge in [0.2, 0.25) is 0 Å². The van der Waals surface area contributed by atoms with Crippen LogP contribution < -0.4 is 5.32 Å². The van der Waals surface area contributed by atoms with Crippen molar-refractivity contribution in [2.75, 3.05) is 0 Å². The molecule has 2 rings (SSSR count). The lowest BCUT2D eigenvalue weighted by atomic mass is 10.00. The lowest BCUT2D eigenvalue weighted by Crippen LogP contribution is -2.42. The topological polar surface area (TPSA) is 61.8 Å². The summed E-state index contributed by atoms with van der Waals surface area (Å²) in [5, 5.41) is 8.23. The number of hydrogen-bond acceptors (Lipinski definition) is 3. The number of rotatable bonds is 3. The van der Waals surface area contributed by atoms with Crippen LogP contribution in [0.15, 0.2) is 23.3 Å². The summed E-state index contributed by atoms with van der Waals surface area (Å²) in [6.07, 6.45) is 1.85. The van der Waals surface area contributed by atoms with Crippen molar-refractivity contribution in [3.05, 3.63) is 33.8 Å². The molecule has 1 saturated heterocycles. The predicted octanol–water partition coefficient (Wildman–Crippen LogP) is 3.05.